The minimum Gasteiger partial charge on any atom is -0.480 e. The fourth-order valence-electron chi connectivity index (χ4n) is 1.65. The number of aliphatic carboxylic acids is 1. The van der Waals surface area contributed by atoms with E-state index in [0.717, 1.165) is 0 Å². The maximum atomic E-state index is 11.8. The molecule has 4 nitrogen and oxygen atoms in total. The van der Waals surface area contributed by atoms with Gasteiger partial charge < -0.3 is 10.4 Å². The van der Waals surface area contributed by atoms with Gasteiger partial charge >= 0.3 is 5.97 Å². The van der Waals surface area contributed by atoms with Crippen LogP contribution in [0.5, 0.6) is 0 Å². The second-order valence-electron chi connectivity index (χ2n) is 4.12. The van der Waals surface area contributed by atoms with Gasteiger partial charge in [-0.25, -0.2) is 4.79 Å². The average Bonchev–Trinajstić information content (AvgIpc) is 2.33. The molecule has 0 bridgehead atoms. The molecule has 0 aliphatic heterocycles. The maximum Gasteiger partial charge on any atom is 0.326 e. The Labute approximate surface area is 121 Å². The van der Waals surface area contributed by atoms with Crippen LogP contribution in [0.25, 0.3) is 0 Å². The number of carbonyl (C=O) groups excluding carboxylic acids is 1. The number of hydrogen-bond acceptors (Lipinski definition) is 2. The zero-order chi connectivity index (χ0) is 14.4. The van der Waals surface area contributed by atoms with Crippen molar-refractivity contribution in [2.24, 2.45) is 0 Å². The van der Waals surface area contributed by atoms with Gasteiger partial charge in [0.1, 0.15) is 6.04 Å². The number of benzene rings is 1. The summed E-state index contributed by atoms with van der Waals surface area (Å²) < 4.78 is 0. The number of amides is 1. The van der Waals surface area contributed by atoms with Gasteiger partial charge in [0, 0.05) is 10.0 Å². The smallest absolute Gasteiger partial charge is 0.326 e. The van der Waals surface area contributed by atoms with Crippen LogP contribution in [0.1, 0.15) is 25.3 Å². The molecule has 19 heavy (non-hydrogen) atoms. The summed E-state index contributed by atoms with van der Waals surface area (Å²) in [7, 11) is 0. The van der Waals surface area contributed by atoms with Gasteiger partial charge in [-0.3, -0.25) is 4.79 Å². The summed E-state index contributed by atoms with van der Waals surface area (Å²) in [6.45, 7) is 1.85. The lowest BCUT2D eigenvalue weighted by molar-refractivity contribution is -0.141. The van der Waals surface area contributed by atoms with Crippen LogP contribution in [0.3, 0.4) is 0 Å². The molecule has 0 spiro atoms. The van der Waals surface area contributed by atoms with Gasteiger partial charge in [-0.2, -0.15) is 0 Å². The lowest BCUT2D eigenvalue weighted by atomic mass is 10.1. The summed E-state index contributed by atoms with van der Waals surface area (Å²) in [6.07, 6.45) is 1.02. The van der Waals surface area contributed by atoms with E-state index in [1.807, 2.05) is 6.92 Å². The second-order valence-corrected chi connectivity index (χ2v) is 4.94. The zero-order valence-electron chi connectivity index (χ0n) is 10.5. The molecule has 0 unspecified atom stereocenters. The van der Waals surface area contributed by atoms with E-state index in [1.165, 1.54) is 0 Å². The van der Waals surface area contributed by atoms with Crippen LogP contribution in [0.4, 0.5) is 0 Å². The maximum absolute atomic E-state index is 11.8. The van der Waals surface area contributed by atoms with Crippen LogP contribution in [0, 0.1) is 0 Å². The topological polar surface area (TPSA) is 66.4 Å². The predicted octanol–water partition coefficient (Wildman–Crippen LogP) is 2.91. The molecule has 1 amide bonds. The fourth-order valence-corrected chi connectivity index (χ4v) is 2.18. The lowest BCUT2D eigenvalue weighted by Gasteiger charge is -2.14. The minimum atomic E-state index is -1.04. The van der Waals surface area contributed by atoms with Crippen molar-refractivity contribution in [1.29, 1.82) is 0 Å². The van der Waals surface area contributed by atoms with E-state index in [0.29, 0.717) is 28.5 Å². The van der Waals surface area contributed by atoms with E-state index in [2.05, 4.69) is 5.32 Å². The number of carbonyl (C=O) groups is 2. The first-order valence-corrected chi connectivity index (χ1v) is 6.66. The van der Waals surface area contributed by atoms with Crippen LogP contribution in [-0.4, -0.2) is 23.0 Å². The van der Waals surface area contributed by atoms with E-state index in [4.69, 9.17) is 28.3 Å². The lowest BCUT2D eigenvalue weighted by Crippen LogP contribution is -2.41. The highest BCUT2D eigenvalue weighted by Crippen LogP contribution is 2.24. The third-order valence-electron chi connectivity index (χ3n) is 2.61. The summed E-state index contributed by atoms with van der Waals surface area (Å²) in [5.74, 6) is -1.45. The summed E-state index contributed by atoms with van der Waals surface area (Å²) in [5.41, 5.74) is 0.504. The molecule has 0 saturated carbocycles. The van der Waals surface area contributed by atoms with Crippen molar-refractivity contribution >= 4 is 35.1 Å². The Morgan fingerprint density at radius 3 is 2.37 bits per heavy atom. The monoisotopic (exact) mass is 303 g/mol. The van der Waals surface area contributed by atoms with E-state index in [9.17, 15) is 9.59 Å². The molecule has 2 N–H and O–H groups in total. The van der Waals surface area contributed by atoms with Crippen molar-refractivity contribution in [2.75, 3.05) is 0 Å². The molecule has 1 aromatic carbocycles. The largest absolute Gasteiger partial charge is 0.480 e. The number of rotatable bonds is 6. The van der Waals surface area contributed by atoms with Gasteiger partial charge in [0.25, 0.3) is 0 Å². The van der Waals surface area contributed by atoms with E-state index >= 15 is 0 Å². The van der Waals surface area contributed by atoms with Gasteiger partial charge in [0.2, 0.25) is 5.91 Å². The van der Waals surface area contributed by atoms with Gasteiger partial charge in [-0.1, -0.05) is 42.6 Å². The Hall–Kier alpha value is -1.26. The van der Waals surface area contributed by atoms with Crippen molar-refractivity contribution in [3.05, 3.63) is 33.8 Å². The van der Waals surface area contributed by atoms with Crippen molar-refractivity contribution in [3.8, 4) is 0 Å². The SMILES string of the molecule is CCC[C@@H](NC(=O)Cc1c(Cl)cccc1Cl)C(=O)O. The quantitative estimate of drug-likeness (QED) is 0.849. The molecule has 1 rings (SSSR count). The molecule has 1 aromatic rings. The first-order valence-electron chi connectivity index (χ1n) is 5.90. The Bertz CT molecular complexity index is 457. The minimum absolute atomic E-state index is 0.0357. The van der Waals surface area contributed by atoms with Crippen LogP contribution >= 0.6 is 23.2 Å². The van der Waals surface area contributed by atoms with E-state index in [1.54, 1.807) is 18.2 Å². The molecule has 0 aliphatic carbocycles. The molecular formula is C13H15Cl2NO3. The zero-order valence-corrected chi connectivity index (χ0v) is 12.0. The first kappa shape index (κ1) is 15.8. The Morgan fingerprint density at radius 2 is 1.89 bits per heavy atom. The fraction of sp³-hybridized carbons (Fsp3) is 0.385. The highest BCUT2D eigenvalue weighted by Gasteiger charge is 2.20. The van der Waals surface area contributed by atoms with E-state index in [-0.39, 0.29) is 6.42 Å². The number of nitrogens with one attached hydrogen (secondary N) is 1. The first-order chi connectivity index (χ1) is 8.95. The molecular weight excluding hydrogens is 289 g/mol. The van der Waals surface area contributed by atoms with Crippen LogP contribution in [0.2, 0.25) is 10.0 Å². The molecule has 0 aromatic heterocycles. The Kier molecular flexibility index (Phi) is 6.12. The third kappa shape index (κ3) is 4.73. The number of hydrogen-bond donors (Lipinski definition) is 2. The third-order valence-corrected chi connectivity index (χ3v) is 3.32. The predicted molar refractivity (Wildman–Crippen MR) is 74.6 cm³/mol. The van der Waals surface area contributed by atoms with Crippen molar-refractivity contribution < 1.29 is 14.7 Å². The summed E-state index contributed by atoms with van der Waals surface area (Å²) in [4.78, 5) is 22.8. The summed E-state index contributed by atoms with van der Waals surface area (Å²) in [6, 6.07) is 4.08. The summed E-state index contributed by atoms with van der Waals surface area (Å²) in [5, 5.41) is 12.2. The highest BCUT2D eigenvalue weighted by molar-refractivity contribution is 6.36. The molecule has 104 valence electrons. The summed E-state index contributed by atoms with van der Waals surface area (Å²) >= 11 is 11.9. The number of carboxylic acids is 1. The molecule has 0 fully saturated rings. The Morgan fingerprint density at radius 1 is 1.32 bits per heavy atom. The van der Waals surface area contributed by atoms with Gasteiger partial charge in [-0.05, 0) is 24.1 Å². The molecule has 6 heteroatoms. The Balaban J connectivity index is 2.72. The molecule has 0 radical (unpaired) electrons. The van der Waals surface area contributed by atoms with Crippen molar-refractivity contribution in [2.45, 2.75) is 32.2 Å². The second kappa shape index (κ2) is 7.36. The average molecular weight is 304 g/mol. The number of carboxylic acid groups (broad SMARTS) is 1. The van der Waals surface area contributed by atoms with Crippen LogP contribution in [0.15, 0.2) is 18.2 Å². The van der Waals surface area contributed by atoms with Gasteiger partial charge in [0.05, 0.1) is 6.42 Å². The van der Waals surface area contributed by atoms with E-state index < -0.39 is 17.9 Å². The highest BCUT2D eigenvalue weighted by atomic mass is 35.5. The van der Waals surface area contributed by atoms with Crippen LogP contribution < -0.4 is 5.32 Å². The molecule has 1 atom stereocenters. The van der Waals surface area contributed by atoms with Gasteiger partial charge in [-0.15, -0.1) is 0 Å². The van der Waals surface area contributed by atoms with Crippen molar-refractivity contribution in [1.82, 2.24) is 5.32 Å². The van der Waals surface area contributed by atoms with Gasteiger partial charge in [0.15, 0.2) is 0 Å². The van der Waals surface area contributed by atoms with Crippen molar-refractivity contribution in [3.63, 3.8) is 0 Å². The molecule has 0 heterocycles. The van der Waals surface area contributed by atoms with Crippen LogP contribution in [-0.2, 0) is 16.0 Å². The molecule has 0 aliphatic rings. The standard InChI is InChI=1S/C13H15Cl2NO3/c1-2-4-11(13(18)19)16-12(17)7-8-9(14)5-3-6-10(8)15/h3,5-6,11H,2,4,7H2,1H3,(H,16,17)(H,18,19)/t11-/m1/s1. The number of halogens is 2. The molecule has 0 saturated heterocycles. The normalized spacial score (nSPS) is 11.9.